The molecule has 1 aromatic heterocycles. The molecule has 9 heteroatoms. The van der Waals surface area contributed by atoms with Gasteiger partial charge in [0.15, 0.2) is 0 Å². The van der Waals surface area contributed by atoms with Gasteiger partial charge in [-0.2, -0.15) is 5.26 Å². The summed E-state index contributed by atoms with van der Waals surface area (Å²) in [6.45, 7) is 4.12. The second kappa shape index (κ2) is 10.1. The molecule has 0 bridgehead atoms. The zero-order valence-electron chi connectivity index (χ0n) is 19.4. The summed E-state index contributed by atoms with van der Waals surface area (Å²) in [7, 11) is 1.50. The van der Waals surface area contributed by atoms with Gasteiger partial charge in [0, 0.05) is 38.3 Å². The molecule has 3 aliphatic rings. The Morgan fingerprint density at radius 3 is 2.82 bits per heavy atom. The molecule has 2 aromatic rings. The van der Waals surface area contributed by atoms with Crippen molar-refractivity contribution < 1.29 is 24.1 Å². The number of benzene rings is 1. The maximum Gasteiger partial charge on any atom is 0.231 e. The number of nitriles is 1. The van der Waals surface area contributed by atoms with E-state index in [1.165, 1.54) is 7.11 Å². The van der Waals surface area contributed by atoms with Crippen LogP contribution in [-0.2, 0) is 4.74 Å². The Labute approximate surface area is 199 Å². The predicted molar refractivity (Wildman–Crippen MR) is 125 cm³/mol. The molecule has 0 spiro atoms. The maximum atomic E-state index is 10.8. The fraction of sp³-hybridized carbons (Fsp3) is 0.520. The van der Waals surface area contributed by atoms with E-state index in [-0.39, 0.29) is 12.0 Å². The topological polar surface area (TPSA) is 100 Å². The summed E-state index contributed by atoms with van der Waals surface area (Å²) >= 11 is 0. The van der Waals surface area contributed by atoms with Crippen LogP contribution in [0.3, 0.4) is 0 Å². The van der Waals surface area contributed by atoms with Crippen LogP contribution in [0, 0.1) is 17.2 Å². The number of fused-ring (bicyclic) bond motifs is 1. The van der Waals surface area contributed by atoms with Crippen LogP contribution >= 0.6 is 0 Å². The smallest absolute Gasteiger partial charge is 0.231 e. The number of nitrogens with zero attached hydrogens (tertiary/aromatic N) is 4. The fourth-order valence-electron chi connectivity index (χ4n) is 4.97. The molecule has 0 radical (unpaired) electrons. The van der Waals surface area contributed by atoms with Crippen molar-refractivity contribution in [2.24, 2.45) is 5.92 Å². The Kier molecular flexibility index (Phi) is 6.72. The van der Waals surface area contributed by atoms with Crippen LogP contribution < -0.4 is 19.1 Å². The second-order valence-corrected chi connectivity index (χ2v) is 8.88. The monoisotopic (exact) mass is 466 g/mol. The highest BCUT2D eigenvalue weighted by Crippen LogP contribution is 2.40. The summed E-state index contributed by atoms with van der Waals surface area (Å²) in [5.74, 6) is 2.09. The van der Waals surface area contributed by atoms with Gasteiger partial charge in [0.1, 0.15) is 42.1 Å². The minimum atomic E-state index is -0.443. The van der Waals surface area contributed by atoms with E-state index in [1.807, 2.05) is 18.2 Å². The number of aromatic nitrogens is 1. The number of aliphatic hydroxyl groups excluding tert-OH is 1. The molecule has 2 saturated heterocycles. The van der Waals surface area contributed by atoms with Crippen LogP contribution in [0.5, 0.6) is 17.4 Å². The molecule has 1 N–H and O–H groups in total. The lowest BCUT2D eigenvalue weighted by Gasteiger charge is -2.33. The Bertz CT molecular complexity index is 1050. The molecule has 1 unspecified atom stereocenters. The van der Waals surface area contributed by atoms with Gasteiger partial charge in [0.05, 0.1) is 31.2 Å². The van der Waals surface area contributed by atoms with Crippen molar-refractivity contribution >= 4 is 11.4 Å². The van der Waals surface area contributed by atoms with Crippen molar-refractivity contribution in [3.05, 3.63) is 36.0 Å². The van der Waals surface area contributed by atoms with Gasteiger partial charge >= 0.3 is 0 Å². The Hall–Kier alpha value is -3.06. The van der Waals surface area contributed by atoms with E-state index in [1.54, 1.807) is 12.3 Å². The van der Waals surface area contributed by atoms with Crippen LogP contribution in [0.25, 0.3) is 0 Å². The minimum Gasteiger partial charge on any atom is -0.490 e. The van der Waals surface area contributed by atoms with Gasteiger partial charge in [-0.25, -0.2) is 4.98 Å². The van der Waals surface area contributed by atoms with Crippen LogP contribution in [0.15, 0.2) is 30.5 Å². The van der Waals surface area contributed by atoms with Gasteiger partial charge in [0.25, 0.3) is 0 Å². The van der Waals surface area contributed by atoms with E-state index < -0.39 is 6.23 Å². The van der Waals surface area contributed by atoms with E-state index in [4.69, 9.17) is 18.9 Å². The first-order valence-electron chi connectivity index (χ1n) is 11.8. The van der Waals surface area contributed by atoms with E-state index in [9.17, 15) is 10.4 Å². The normalized spacial score (nSPS) is 21.9. The first-order chi connectivity index (χ1) is 16.7. The quantitative estimate of drug-likeness (QED) is 0.689. The van der Waals surface area contributed by atoms with Gasteiger partial charge in [-0.3, -0.25) is 4.90 Å². The molecule has 0 aliphatic carbocycles. The summed E-state index contributed by atoms with van der Waals surface area (Å²) in [6, 6.07) is 9.74. The van der Waals surface area contributed by atoms with Gasteiger partial charge in [0.2, 0.25) is 5.88 Å². The molecule has 180 valence electrons. The summed E-state index contributed by atoms with van der Waals surface area (Å²) in [6.07, 6.45) is 3.94. The number of pyridine rings is 1. The molecule has 3 aliphatic heterocycles. The number of rotatable bonds is 6. The Morgan fingerprint density at radius 2 is 2.03 bits per heavy atom. The zero-order chi connectivity index (χ0) is 23.5. The molecule has 4 heterocycles. The Morgan fingerprint density at radius 1 is 1.18 bits per heavy atom. The van der Waals surface area contributed by atoms with Crippen LogP contribution in [-0.4, -0.2) is 73.9 Å². The number of ether oxygens (including phenoxy) is 4. The Balaban J connectivity index is 1.30. The van der Waals surface area contributed by atoms with Gasteiger partial charge in [-0.15, -0.1) is 0 Å². The predicted octanol–water partition coefficient (Wildman–Crippen LogP) is 2.69. The van der Waals surface area contributed by atoms with Crippen molar-refractivity contribution in [2.45, 2.75) is 31.6 Å². The first-order valence-corrected chi connectivity index (χ1v) is 11.8. The first kappa shape index (κ1) is 22.7. The third-order valence-electron chi connectivity index (χ3n) is 6.80. The lowest BCUT2D eigenvalue weighted by Crippen LogP contribution is -2.42. The molecule has 1 aromatic carbocycles. The van der Waals surface area contributed by atoms with Crippen LogP contribution in [0.4, 0.5) is 11.4 Å². The van der Waals surface area contributed by atoms with Gasteiger partial charge < -0.3 is 29.0 Å². The van der Waals surface area contributed by atoms with Crippen LogP contribution in [0.1, 0.15) is 24.8 Å². The average Bonchev–Trinajstić information content (AvgIpc) is 3.36. The van der Waals surface area contributed by atoms with Crippen molar-refractivity contribution in [3.63, 3.8) is 0 Å². The number of hydrogen-bond donors (Lipinski definition) is 1. The summed E-state index contributed by atoms with van der Waals surface area (Å²) in [5, 5.41) is 20.3. The third-order valence-corrected chi connectivity index (χ3v) is 6.80. The van der Waals surface area contributed by atoms with E-state index >= 15 is 0 Å². The molecule has 2 atom stereocenters. The number of aliphatic hydroxyl groups is 1. The molecule has 34 heavy (non-hydrogen) atoms. The van der Waals surface area contributed by atoms with Crippen LogP contribution in [0.2, 0.25) is 0 Å². The standard InChI is InChI=1S/C25H30N4O5/c1-31-24-18(14-26)12-19(15-27-24)29-8-11-33-23-3-2-20(13-22(23)29)34-21-4-7-28(16-21)25(30)17-5-9-32-10-6-17/h2-3,12-13,15,17,21,25,30H,4-11,16H2,1H3/t21-,25?/m0/s1. The second-order valence-electron chi connectivity index (χ2n) is 8.88. The number of methoxy groups -OCH3 is 1. The SMILES string of the molecule is COc1ncc(N2CCOc3ccc(O[C@H]4CCN(C(O)C5CCOCC5)C4)cc32)cc1C#N. The minimum absolute atomic E-state index is 0.0124. The largest absolute Gasteiger partial charge is 0.490 e. The maximum absolute atomic E-state index is 10.8. The summed E-state index contributed by atoms with van der Waals surface area (Å²) in [4.78, 5) is 8.49. The third kappa shape index (κ3) is 4.62. The summed E-state index contributed by atoms with van der Waals surface area (Å²) in [5.41, 5.74) is 2.05. The molecular weight excluding hydrogens is 436 g/mol. The van der Waals surface area contributed by atoms with E-state index in [2.05, 4.69) is 20.9 Å². The lowest BCUT2D eigenvalue weighted by molar-refractivity contribution is -0.0680. The van der Waals surface area contributed by atoms with Crippen molar-refractivity contribution in [1.29, 1.82) is 5.26 Å². The molecular formula is C25H30N4O5. The highest BCUT2D eigenvalue weighted by atomic mass is 16.5. The highest BCUT2D eigenvalue weighted by molar-refractivity contribution is 5.72. The highest BCUT2D eigenvalue weighted by Gasteiger charge is 2.34. The molecule has 2 fully saturated rings. The van der Waals surface area contributed by atoms with Gasteiger partial charge in [-0.05, 0) is 37.5 Å². The van der Waals surface area contributed by atoms with Gasteiger partial charge in [-0.1, -0.05) is 0 Å². The summed E-state index contributed by atoms with van der Waals surface area (Å²) < 4.78 is 22.8. The number of anilines is 2. The van der Waals surface area contributed by atoms with Crippen molar-refractivity contribution in [2.75, 3.05) is 51.5 Å². The average molecular weight is 467 g/mol. The van der Waals surface area contributed by atoms with E-state index in [0.717, 1.165) is 61.9 Å². The zero-order valence-corrected chi connectivity index (χ0v) is 19.4. The molecule has 0 saturated carbocycles. The lowest BCUT2D eigenvalue weighted by atomic mass is 9.98. The van der Waals surface area contributed by atoms with E-state index in [0.29, 0.717) is 31.1 Å². The molecule has 5 rings (SSSR count). The molecule has 0 amide bonds. The van der Waals surface area contributed by atoms with Crippen molar-refractivity contribution in [1.82, 2.24) is 9.88 Å². The molecule has 9 nitrogen and oxygen atoms in total. The fourth-order valence-corrected chi connectivity index (χ4v) is 4.97. The van der Waals surface area contributed by atoms with Crippen molar-refractivity contribution in [3.8, 4) is 23.4 Å². The number of likely N-dealkylation sites (tertiary alicyclic amines) is 1. The number of hydrogen-bond acceptors (Lipinski definition) is 9.